The number of aliphatic hydroxyl groups excluding tert-OH is 1. The van der Waals surface area contributed by atoms with Crippen molar-refractivity contribution in [3.8, 4) is 11.5 Å². The second-order valence-corrected chi connectivity index (χ2v) is 9.33. The van der Waals surface area contributed by atoms with Gasteiger partial charge in [0.2, 0.25) is 0 Å². The number of Topliss-reactive ketones (excluding diaryl/α,β-unsaturated/α-hetero) is 1. The Kier molecular flexibility index (Phi) is 6.93. The summed E-state index contributed by atoms with van der Waals surface area (Å²) in [5, 5.41) is 11.3. The minimum Gasteiger partial charge on any atom is -0.507 e. The van der Waals surface area contributed by atoms with Gasteiger partial charge in [-0.05, 0) is 62.3 Å². The molecule has 34 heavy (non-hydrogen) atoms. The summed E-state index contributed by atoms with van der Waals surface area (Å²) in [6, 6.07) is 12.3. The fraction of sp³-hybridized carbons (Fsp3) is 0.407. The number of carbonyl (C=O) groups is 2. The van der Waals surface area contributed by atoms with Gasteiger partial charge in [-0.3, -0.25) is 9.59 Å². The molecular weight excluding hydrogens is 432 g/mol. The van der Waals surface area contributed by atoms with Crippen LogP contribution in [0.25, 0.3) is 5.76 Å². The van der Waals surface area contributed by atoms with Gasteiger partial charge >= 0.3 is 0 Å². The lowest BCUT2D eigenvalue weighted by Gasteiger charge is -2.26. The van der Waals surface area contributed by atoms with E-state index in [-0.39, 0.29) is 11.3 Å². The van der Waals surface area contributed by atoms with Gasteiger partial charge in [-0.1, -0.05) is 38.1 Å². The summed E-state index contributed by atoms with van der Waals surface area (Å²) in [5.74, 6) is -0.00587. The lowest BCUT2D eigenvalue weighted by Crippen LogP contribution is -2.32. The van der Waals surface area contributed by atoms with Crippen molar-refractivity contribution in [3.63, 3.8) is 0 Å². The first kappa shape index (κ1) is 23.8. The first-order chi connectivity index (χ1) is 16.3. The van der Waals surface area contributed by atoms with Crippen molar-refractivity contribution in [2.45, 2.75) is 32.2 Å². The summed E-state index contributed by atoms with van der Waals surface area (Å²) in [7, 11) is 3.94. The number of amides is 1. The maximum absolute atomic E-state index is 13.2. The molecule has 1 atom stereocenters. The molecule has 0 saturated carbocycles. The molecule has 1 amide bonds. The van der Waals surface area contributed by atoms with Gasteiger partial charge in [0, 0.05) is 12.1 Å². The molecule has 1 fully saturated rings. The maximum atomic E-state index is 13.2. The fourth-order valence-electron chi connectivity index (χ4n) is 4.42. The molecule has 2 aromatic rings. The monoisotopic (exact) mass is 464 g/mol. The summed E-state index contributed by atoms with van der Waals surface area (Å²) in [5.41, 5.74) is 2.48. The summed E-state index contributed by atoms with van der Waals surface area (Å²) < 4.78 is 11.2. The van der Waals surface area contributed by atoms with E-state index < -0.39 is 17.7 Å². The number of benzene rings is 2. The number of likely N-dealkylation sites (tertiary alicyclic amines) is 1. The second-order valence-electron chi connectivity index (χ2n) is 9.33. The third-order valence-corrected chi connectivity index (χ3v) is 6.28. The van der Waals surface area contributed by atoms with E-state index in [1.807, 2.05) is 43.3 Å². The first-order valence-electron chi connectivity index (χ1n) is 11.7. The van der Waals surface area contributed by atoms with Crippen molar-refractivity contribution in [3.05, 3.63) is 64.7 Å². The standard InChI is InChI=1S/C27H32N2O5/c1-17(2)18-6-8-19(9-7-18)24-23(26(31)27(32)29(24)13-5-12-28(3)4)25(30)20-10-11-21-22(16-20)34-15-14-33-21/h6-11,16-17,24,30H,5,12-15H2,1-4H3/b25-23+/t24-/m0/s1. The van der Waals surface area contributed by atoms with Gasteiger partial charge < -0.3 is 24.4 Å². The molecule has 7 heteroatoms. The van der Waals surface area contributed by atoms with E-state index in [0.717, 1.165) is 12.1 Å². The maximum Gasteiger partial charge on any atom is 0.295 e. The molecule has 2 aliphatic heterocycles. The van der Waals surface area contributed by atoms with Crippen LogP contribution in [-0.2, 0) is 9.59 Å². The SMILES string of the molecule is CC(C)c1ccc([C@H]2/C(=C(\O)c3ccc4c(c3)OCCO4)C(=O)C(=O)N2CCCN(C)C)cc1. The zero-order chi connectivity index (χ0) is 24.4. The normalized spacial score (nSPS) is 19.4. The largest absolute Gasteiger partial charge is 0.507 e. The molecule has 7 nitrogen and oxygen atoms in total. The van der Waals surface area contributed by atoms with Crippen molar-refractivity contribution >= 4 is 17.4 Å². The number of ether oxygens (including phenoxy) is 2. The van der Waals surface area contributed by atoms with Crippen LogP contribution < -0.4 is 9.47 Å². The molecule has 4 rings (SSSR count). The Hall–Kier alpha value is -3.32. The van der Waals surface area contributed by atoms with Crippen molar-refractivity contribution < 1.29 is 24.2 Å². The number of fused-ring (bicyclic) bond motifs is 1. The van der Waals surface area contributed by atoms with E-state index in [9.17, 15) is 14.7 Å². The van der Waals surface area contributed by atoms with Crippen LogP contribution in [0, 0.1) is 0 Å². The van der Waals surface area contributed by atoms with Crippen LogP contribution in [0.2, 0.25) is 0 Å². The molecule has 0 aliphatic carbocycles. The predicted molar refractivity (Wildman–Crippen MR) is 130 cm³/mol. The van der Waals surface area contributed by atoms with E-state index >= 15 is 0 Å². The van der Waals surface area contributed by atoms with Gasteiger partial charge in [-0.25, -0.2) is 0 Å². The molecule has 0 spiro atoms. The van der Waals surface area contributed by atoms with Crippen LogP contribution in [-0.4, -0.2) is 67.0 Å². The Bertz CT molecular complexity index is 1100. The Labute approximate surface area is 200 Å². The number of rotatable bonds is 7. The second kappa shape index (κ2) is 9.89. The lowest BCUT2D eigenvalue weighted by molar-refractivity contribution is -0.139. The third-order valence-electron chi connectivity index (χ3n) is 6.28. The molecular formula is C27H32N2O5. The lowest BCUT2D eigenvalue weighted by atomic mass is 9.93. The van der Waals surface area contributed by atoms with Crippen LogP contribution in [0.3, 0.4) is 0 Å². The molecule has 180 valence electrons. The number of carbonyl (C=O) groups excluding carboxylic acids is 2. The van der Waals surface area contributed by atoms with E-state index in [2.05, 4.69) is 13.8 Å². The van der Waals surface area contributed by atoms with E-state index in [0.29, 0.717) is 49.2 Å². The summed E-state index contributed by atoms with van der Waals surface area (Å²) >= 11 is 0. The Balaban J connectivity index is 1.78. The summed E-state index contributed by atoms with van der Waals surface area (Å²) in [4.78, 5) is 29.9. The molecule has 0 bridgehead atoms. The van der Waals surface area contributed by atoms with Gasteiger partial charge in [0.15, 0.2) is 11.5 Å². The van der Waals surface area contributed by atoms with E-state index in [1.165, 1.54) is 5.56 Å². The van der Waals surface area contributed by atoms with Crippen LogP contribution in [0.1, 0.15) is 48.9 Å². The van der Waals surface area contributed by atoms with E-state index in [4.69, 9.17) is 9.47 Å². The van der Waals surface area contributed by atoms with Gasteiger partial charge in [-0.15, -0.1) is 0 Å². The highest BCUT2D eigenvalue weighted by molar-refractivity contribution is 6.46. The number of hydrogen-bond donors (Lipinski definition) is 1. The Morgan fingerprint density at radius 1 is 1.06 bits per heavy atom. The highest BCUT2D eigenvalue weighted by atomic mass is 16.6. The molecule has 1 N–H and O–H groups in total. The summed E-state index contributed by atoms with van der Waals surface area (Å²) in [6.07, 6.45) is 0.713. The van der Waals surface area contributed by atoms with Gasteiger partial charge in [0.05, 0.1) is 11.6 Å². The van der Waals surface area contributed by atoms with Crippen molar-refractivity contribution in [2.75, 3.05) is 40.4 Å². The van der Waals surface area contributed by atoms with Crippen molar-refractivity contribution in [1.82, 2.24) is 9.80 Å². The Morgan fingerprint density at radius 3 is 2.38 bits per heavy atom. The first-order valence-corrected chi connectivity index (χ1v) is 11.7. The van der Waals surface area contributed by atoms with Crippen LogP contribution >= 0.6 is 0 Å². The quantitative estimate of drug-likeness (QED) is 0.380. The number of nitrogens with zero attached hydrogens (tertiary/aromatic N) is 2. The number of aliphatic hydroxyl groups is 1. The van der Waals surface area contributed by atoms with Crippen LogP contribution in [0.5, 0.6) is 11.5 Å². The van der Waals surface area contributed by atoms with Gasteiger partial charge in [0.1, 0.15) is 19.0 Å². The molecule has 1 saturated heterocycles. The zero-order valence-electron chi connectivity index (χ0n) is 20.2. The predicted octanol–water partition coefficient (Wildman–Crippen LogP) is 3.95. The average molecular weight is 465 g/mol. The van der Waals surface area contributed by atoms with Crippen molar-refractivity contribution in [2.24, 2.45) is 0 Å². The fourth-order valence-corrected chi connectivity index (χ4v) is 4.42. The average Bonchev–Trinajstić information content (AvgIpc) is 3.08. The zero-order valence-corrected chi connectivity index (χ0v) is 20.2. The summed E-state index contributed by atoms with van der Waals surface area (Å²) in [6.45, 7) is 6.30. The molecule has 2 aromatic carbocycles. The third kappa shape index (κ3) is 4.66. The minimum atomic E-state index is -0.671. The highest BCUT2D eigenvalue weighted by Gasteiger charge is 2.45. The molecule has 0 radical (unpaired) electrons. The topological polar surface area (TPSA) is 79.3 Å². The van der Waals surface area contributed by atoms with Crippen LogP contribution in [0.4, 0.5) is 0 Å². The minimum absolute atomic E-state index is 0.101. The molecule has 2 heterocycles. The molecule has 2 aliphatic rings. The van der Waals surface area contributed by atoms with E-state index in [1.54, 1.807) is 23.1 Å². The van der Waals surface area contributed by atoms with Crippen molar-refractivity contribution in [1.29, 1.82) is 0 Å². The number of ketones is 1. The highest BCUT2D eigenvalue weighted by Crippen LogP contribution is 2.41. The van der Waals surface area contributed by atoms with Crippen LogP contribution in [0.15, 0.2) is 48.0 Å². The molecule has 0 aromatic heterocycles. The number of hydrogen-bond acceptors (Lipinski definition) is 6. The van der Waals surface area contributed by atoms with Gasteiger partial charge in [0.25, 0.3) is 11.7 Å². The Morgan fingerprint density at radius 2 is 1.74 bits per heavy atom. The molecule has 0 unspecified atom stereocenters. The van der Waals surface area contributed by atoms with Gasteiger partial charge in [-0.2, -0.15) is 0 Å². The smallest absolute Gasteiger partial charge is 0.295 e.